The number of nitrogens with one attached hydrogen (secondary N) is 1. The highest BCUT2D eigenvalue weighted by molar-refractivity contribution is 7.98. The second-order valence-electron chi connectivity index (χ2n) is 6.70. The summed E-state index contributed by atoms with van der Waals surface area (Å²) in [4.78, 5) is 29.6. The second-order valence-corrected chi connectivity index (χ2v) is 7.66. The van der Waals surface area contributed by atoms with Crippen LogP contribution in [0.25, 0.3) is 5.65 Å². The number of aromatic nitrogens is 4. The summed E-state index contributed by atoms with van der Waals surface area (Å²) < 4.78 is 2.60. The lowest BCUT2D eigenvalue weighted by molar-refractivity contribution is -0.117. The van der Waals surface area contributed by atoms with E-state index in [0.29, 0.717) is 16.4 Å². The molecule has 4 rings (SSSR count). The highest BCUT2D eigenvalue weighted by Gasteiger charge is 2.15. The van der Waals surface area contributed by atoms with Crippen molar-refractivity contribution in [3.63, 3.8) is 0 Å². The number of rotatable bonds is 7. The van der Waals surface area contributed by atoms with E-state index in [9.17, 15) is 9.59 Å². The van der Waals surface area contributed by atoms with Crippen LogP contribution >= 0.6 is 11.8 Å². The zero-order valence-corrected chi connectivity index (χ0v) is 17.3. The first-order chi connectivity index (χ1) is 14.7. The van der Waals surface area contributed by atoms with Gasteiger partial charge in [0, 0.05) is 23.8 Å². The molecule has 7 nitrogen and oxygen atoms in total. The number of hydrogen-bond acceptors (Lipinski definition) is 5. The molecule has 0 saturated heterocycles. The first-order valence-electron chi connectivity index (χ1n) is 9.64. The molecule has 0 aliphatic rings. The zero-order valence-electron chi connectivity index (χ0n) is 16.5. The number of fused-ring (bicyclic) bond motifs is 1. The van der Waals surface area contributed by atoms with E-state index in [0.717, 1.165) is 23.2 Å². The molecular formula is C22H21N5O2S. The minimum Gasteiger partial charge on any atom is -0.324 e. The number of amides is 1. The summed E-state index contributed by atoms with van der Waals surface area (Å²) in [6.45, 7) is 1.86. The Hall–Kier alpha value is -3.39. The van der Waals surface area contributed by atoms with Gasteiger partial charge in [-0.1, -0.05) is 67.2 Å². The monoisotopic (exact) mass is 419 g/mol. The molecule has 2 heterocycles. The van der Waals surface area contributed by atoms with Crippen molar-refractivity contribution >= 4 is 29.0 Å². The maximum Gasteiger partial charge on any atom is 0.350 e. The third-order valence-corrected chi connectivity index (χ3v) is 5.69. The van der Waals surface area contributed by atoms with Crippen LogP contribution in [0.2, 0.25) is 0 Å². The van der Waals surface area contributed by atoms with Crippen molar-refractivity contribution in [3.8, 4) is 0 Å². The number of hydrogen-bond donors (Lipinski definition) is 1. The number of anilines is 1. The van der Waals surface area contributed by atoms with E-state index in [2.05, 4.69) is 15.4 Å². The van der Waals surface area contributed by atoms with E-state index in [1.807, 2.05) is 61.5 Å². The van der Waals surface area contributed by atoms with Gasteiger partial charge in [-0.2, -0.15) is 0 Å². The predicted molar refractivity (Wildman–Crippen MR) is 118 cm³/mol. The van der Waals surface area contributed by atoms with Gasteiger partial charge in [-0.15, -0.1) is 5.10 Å². The third-order valence-electron chi connectivity index (χ3n) is 4.65. The van der Waals surface area contributed by atoms with Crippen LogP contribution in [0.5, 0.6) is 0 Å². The molecule has 0 bridgehead atoms. The van der Waals surface area contributed by atoms with Gasteiger partial charge in [-0.3, -0.25) is 4.79 Å². The quantitative estimate of drug-likeness (QED) is 0.465. The lowest BCUT2D eigenvalue weighted by Gasteiger charge is -2.09. The average molecular weight is 420 g/mol. The summed E-state index contributed by atoms with van der Waals surface area (Å²) in [6.07, 6.45) is 3.95. The van der Waals surface area contributed by atoms with E-state index < -0.39 is 0 Å². The minimum atomic E-state index is -0.368. The summed E-state index contributed by atoms with van der Waals surface area (Å²) in [5.74, 6) is 0.413. The molecule has 0 radical (unpaired) electrons. The first kappa shape index (κ1) is 19.9. The summed E-state index contributed by atoms with van der Waals surface area (Å²) in [6, 6.07) is 17.6. The van der Waals surface area contributed by atoms with E-state index in [4.69, 9.17) is 0 Å². The van der Waals surface area contributed by atoms with Crippen LogP contribution < -0.4 is 11.0 Å². The number of aryl methyl sites for hydroxylation is 1. The molecule has 30 heavy (non-hydrogen) atoms. The van der Waals surface area contributed by atoms with Gasteiger partial charge in [0.25, 0.3) is 0 Å². The van der Waals surface area contributed by atoms with Crippen molar-refractivity contribution in [3.05, 3.63) is 88.6 Å². The molecule has 0 atom stereocenters. The molecule has 4 aromatic rings. The van der Waals surface area contributed by atoms with Gasteiger partial charge < -0.3 is 5.32 Å². The Kier molecular flexibility index (Phi) is 5.94. The van der Waals surface area contributed by atoms with Gasteiger partial charge in [-0.25, -0.2) is 18.9 Å². The Morgan fingerprint density at radius 3 is 2.67 bits per heavy atom. The number of benzene rings is 2. The average Bonchev–Trinajstić information content (AvgIpc) is 3.09. The molecule has 2 aromatic heterocycles. The van der Waals surface area contributed by atoms with Crippen molar-refractivity contribution < 1.29 is 4.79 Å². The molecule has 0 unspecified atom stereocenters. The van der Waals surface area contributed by atoms with E-state index in [-0.39, 0.29) is 18.1 Å². The maximum absolute atomic E-state index is 12.7. The molecule has 0 saturated carbocycles. The highest BCUT2D eigenvalue weighted by Crippen LogP contribution is 2.23. The van der Waals surface area contributed by atoms with Crippen molar-refractivity contribution in [1.29, 1.82) is 0 Å². The molecule has 0 fully saturated rings. The highest BCUT2D eigenvalue weighted by atomic mass is 32.2. The zero-order chi connectivity index (χ0) is 20.9. The summed E-state index contributed by atoms with van der Waals surface area (Å²) in [7, 11) is 0. The molecule has 0 spiro atoms. The van der Waals surface area contributed by atoms with Crippen molar-refractivity contribution in [2.24, 2.45) is 0 Å². The predicted octanol–water partition coefficient (Wildman–Crippen LogP) is 3.38. The Labute approximate surface area is 177 Å². The molecule has 8 heteroatoms. The fraction of sp³-hybridized carbons (Fsp3) is 0.182. The fourth-order valence-electron chi connectivity index (χ4n) is 3.13. The van der Waals surface area contributed by atoms with Crippen molar-refractivity contribution in [2.45, 2.75) is 30.7 Å². The van der Waals surface area contributed by atoms with Crippen LogP contribution in [0.1, 0.15) is 18.1 Å². The lowest BCUT2D eigenvalue weighted by Crippen LogP contribution is -2.28. The van der Waals surface area contributed by atoms with Crippen LogP contribution in [0.4, 0.5) is 5.69 Å². The molecule has 152 valence electrons. The van der Waals surface area contributed by atoms with Crippen LogP contribution in [-0.2, 0) is 23.5 Å². The molecular weight excluding hydrogens is 398 g/mol. The number of nitrogens with zero attached hydrogens (tertiary/aromatic N) is 4. The second kappa shape index (κ2) is 8.96. The largest absolute Gasteiger partial charge is 0.350 e. The Morgan fingerprint density at radius 2 is 1.87 bits per heavy atom. The van der Waals surface area contributed by atoms with E-state index >= 15 is 0 Å². The number of carbonyl (C=O) groups is 1. The molecule has 1 amide bonds. The van der Waals surface area contributed by atoms with Crippen molar-refractivity contribution in [2.75, 3.05) is 5.32 Å². The van der Waals surface area contributed by atoms with Crippen LogP contribution in [-0.4, -0.2) is 25.1 Å². The van der Waals surface area contributed by atoms with Gasteiger partial charge in [0.1, 0.15) is 11.6 Å². The van der Waals surface area contributed by atoms with Crippen LogP contribution in [0, 0.1) is 0 Å². The Morgan fingerprint density at radius 1 is 1.10 bits per heavy atom. The topological polar surface area (TPSA) is 81.3 Å². The smallest absolute Gasteiger partial charge is 0.324 e. The lowest BCUT2D eigenvalue weighted by atomic mass is 10.1. The fourth-order valence-corrected chi connectivity index (χ4v) is 4.03. The van der Waals surface area contributed by atoms with E-state index in [1.165, 1.54) is 20.8 Å². The number of para-hydroxylation sites is 1. The van der Waals surface area contributed by atoms with Crippen LogP contribution in [0.15, 0.2) is 76.8 Å². The number of thioether (sulfide) groups is 1. The van der Waals surface area contributed by atoms with Crippen LogP contribution in [0.3, 0.4) is 0 Å². The molecule has 0 aliphatic heterocycles. The summed E-state index contributed by atoms with van der Waals surface area (Å²) >= 11 is 1.50. The van der Waals surface area contributed by atoms with Gasteiger partial charge in [0.2, 0.25) is 5.91 Å². The van der Waals surface area contributed by atoms with E-state index in [1.54, 1.807) is 12.4 Å². The standard InChI is InChI=1S/C22H21N5O2S/c1-2-17-10-6-7-11-18(17)24-19(28)14-27-22(29)26-13-12-23-21(20(26)25-27)30-15-16-8-4-3-5-9-16/h3-13H,2,14-15H2,1H3,(H,24,28). The minimum absolute atomic E-state index is 0.165. The maximum atomic E-state index is 12.7. The molecule has 0 aliphatic carbocycles. The molecule has 1 N–H and O–H groups in total. The first-order valence-corrected chi connectivity index (χ1v) is 10.6. The summed E-state index contributed by atoms with van der Waals surface area (Å²) in [5.41, 5.74) is 3.03. The SMILES string of the molecule is CCc1ccccc1NC(=O)Cn1nc2c(SCc3ccccc3)nccn2c1=O. The van der Waals surface area contributed by atoms with Gasteiger partial charge in [-0.05, 0) is 23.6 Å². The van der Waals surface area contributed by atoms with Crippen molar-refractivity contribution in [1.82, 2.24) is 19.2 Å². The third kappa shape index (κ3) is 4.28. The Balaban J connectivity index is 1.54. The van der Waals surface area contributed by atoms with Gasteiger partial charge >= 0.3 is 5.69 Å². The summed E-state index contributed by atoms with van der Waals surface area (Å²) in [5, 5.41) is 7.89. The van der Waals surface area contributed by atoms with Gasteiger partial charge in [0.05, 0.1) is 0 Å². The van der Waals surface area contributed by atoms with Gasteiger partial charge in [0.15, 0.2) is 5.65 Å². The number of carbonyl (C=O) groups excluding carboxylic acids is 1. The molecule has 2 aromatic carbocycles. The Bertz CT molecular complexity index is 1230. The normalized spacial score (nSPS) is 11.0.